The molecule has 0 bridgehead atoms. The van der Waals surface area contributed by atoms with Crippen LogP contribution in [-0.2, 0) is 19.1 Å². The number of nitrogens with zero attached hydrogens (tertiary/aromatic N) is 2. The van der Waals surface area contributed by atoms with Crippen molar-refractivity contribution in [2.75, 3.05) is 26.7 Å². The van der Waals surface area contributed by atoms with Crippen LogP contribution in [0.1, 0.15) is 55.8 Å². The standard InChI is InChI=1S/C24H32FN3O5/c1-16(29)28-12-11-27(23(31)18-9-6-10-19(25)14-18)15-21(28)22(30)26-20(24(32)33-2)13-17-7-4-3-5-8-17/h6,9-10,14,17,20-21H,3-5,7-8,11-13,15H2,1-2H3,(H,26,30). The van der Waals surface area contributed by atoms with Crippen LogP contribution in [0, 0.1) is 11.7 Å². The number of ether oxygens (including phenoxy) is 1. The second kappa shape index (κ2) is 11.2. The number of carbonyl (C=O) groups excluding carboxylic acids is 4. The first-order valence-corrected chi connectivity index (χ1v) is 11.5. The molecular weight excluding hydrogens is 429 g/mol. The quantitative estimate of drug-likeness (QED) is 0.655. The van der Waals surface area contributed by atoms with Gasteiger partial charge < -0.3 is 19.9 Å². The number of carbonyl (C=O) groups is 4. The number of esters is 1. The van der Waals surface area contributed by atoms with E-state index in [1.165, 1.54) is 48.5 Å². The van der Waals surface area contributed by atoms with Gasteiger partial charge in [0.1, 0.15) is 17.9 Å². The number of nitrogens with one attached hydrogen (secondary N) is 1. The molecule has 1 aliphatic carbocycles. The second-order valence-electron chi connectivity index (χ2n) is 8.81. The van der Waals surface area contributed by atoms with Crippen LogP contribution in [0.3, 0.4) is 0 Å². The average Bonchev–Trinajstić information content (AvgIpc) is 2.82. The van der Waals surface area contributed by atoms with Crippen LogP contribution in [0.25, 0.3) is 0 Å². The van der Waals surface area contributed by atoms with Gasteiger partial charge in [-0.2, -0.15) is 0 Å². The number of rotatable bonds is 6. The van der Waals surface area contributed by atoms with Gasteiger partial charge in [-0.1, -0.05) is 38.2 Å². The summed E-state index contributed by atoms with van der Waals surface area (Å²) in [6, 6.07) is 3.59. The van der Waals surface area contributed by atoms with Crippen molar-refractivity contribution in [3.63, 3.8) is 0 Å². The molecule has 0 spiro atoms. The fourth-order valence-corrected chi connectivity index (χ4v) is 4.75. The van der Waals surface area contributed by atoms with Crippen LogP contribution < -0.4 is 5.32 Å². The number of piperazine rings is 1. The number of hydrogen-bond donors (Lipinski definition) is 1. The Hall–Kier alpha value is -2.97. The largest absolute Gasteiger partial charge is 0.467 e. The number of amides is 3. The molecule has 1 N–H and O–H groups in total. The van der Waals surface area contributed by atoms with E-state index in [0.717, 1.165) is 31.7 Å². The van der Waals surface area contributed by atoms with Crippen LogP contribution in [0.4, 0.5) is 4.39 Å². The van der Waals surface area contributed by atoms with Gasteiger partial charge in [0, 0.05) is 25.6 Å². The molecule has 1 aromatic rings. The molecule has 1 heterocycles. The zero-order valence-corrected chi connectivity index (χ0v) is 19.2. The fraction of sp³-hybridized carbons (Fsp3) is 0.583. The van der Waals surface area contributed by atoms with Gasteiger partial charge in [-0.3, -0.25) is 14.4 Å². The SMILES string of the molecule is COC(=O)C(CC1CCCCC1)NC(=O)C1CN(C(=O)c2cccc(F)c2)CCN1C(C)=O. The summed E-state index contributed by atoms with van der Waals surface area (Å²) in [5.74, 6) is -1.94. The van der Waals surface area contributed by atoms with Crippen LogP contribution in [0.5, 0.6) is 0 Å². The first-order valence-electron chi connectivity index (χ1n) is 11.5. The minimum Gasteiger partial charge on any atom is -0.467 e. The van der Waals surface area contributed by atoms with E-state index in [-0.39, 0.29) is 31.1 Å². The molecule has 2 unspecified atom stereocenters. The van der Waals surface area contributed by atoms with Gasteiger partial charge in [0.25, 0.3) is 5.91 Å². The molecule has 2 aliphatic rings. The molecule has 0 radical (unpaired) electrons. The van der Waals surface area contributed by atoms with Crippen molar-refractivity contribution in [3.05, 3.63) is 35.6 Å². The van der Waals surface area contributed by atoms with Crippen LogP contribution >= 0.6 is 0 Å². The monoisotopic (exact) mass is 461 g/mol. The number of hydrogen-bond acceptors (Lipinski definition) is 5. The Morgan fingerprint density at radius 3 is 2.52 bits per heavy atom. The van der Waals surface area contributed by atoms with Crippen molar-refractivity contribution in [3.8, 4) is 0 Å². The Balaban J connectivity index is 1.74. The lowest BCUT2D eigenvalue weighted by Crippen LogP contribution is -2.62. The molecule has 3 amide bonds. The lowest BCUT2D eigenvalue weighted by molar-refractivity contribution is -0.148. The van der Waals surface area contributed by atoms with E-state index in [2.05, 4.69) is 5.32 Å². The fourth-order valence-electron chi connectivity index (χ4n) is 4.75. The van der Waals surface area contributed by atoms with Crippen molar-refractivity contribution in [2.24, 2.45) is 5.92 Å². The minimum atomic E-state index is -0.952. The maximum atomic E-state index is 13.6. The van der Waals surface area contributed by atoms with E-state index < -0.39 is 35.7 Å². The van der Waals surface area contributed by atoms with Gasteiger partial charge in [0.2, 0.25) is 11.8 Å². The van der Waals surface area contributed by atoms with Crippen molar-refractivity contribution < 1.29 is 28.3 Å². The van der Waals surface area contributed by atoms with E-state index in [4.69, 9.17) is 4.74 Å². The summed E-state index contributed by atoms with van der Waals surface area (Å²) in [6.45, 7) is 1.71. The summed E-state index contributed by atoms with van der Waals surface area (Å²) in [5, 5.41) is 2.77. The molecule has 1 saturated heterocycles. The van der Waals surface area contributed by atoms with Gasteiger partial charge in [0.05, 0.1) is 13.7 Å². The highest BCUT2D eigenvalue weighted by Gasteiger charge is 2.38. The third-order valence-electron chi connectivity index (χ3n) is 6.54. The highest BCUT2D eigenvalue weighted by molar-refractivity contribution is 5.96. The smallest absolute Gasteiger partial charge is 0.328 e. The van der Waals surface area contributed by atoms with Gasteiger partial charge >= 0.3 is 5.97 Å². The molecule has 3 rings (SSSR count). The maximum absolute atomic E-state index is 13.6. The van der Waals surface area contributed by atoms with Crippen molar-refractivity contribution in [1.82, 2.24) is 15.1 Å². The van der Waals surface area contributed by atoms with Crippen LogP contribution in [0.15, 0.2) is 24.3 Å². The van der Waals surface area contributed by atoms with E-state index in [1.54, 1.807) is 0 Å². The lowest BCUT2D eigenvalue weighted by atomic mass is 9.84. The van der Waals surface area contributed by atoms with Gasteiger partial charge in [-0.15, -0.1) is 0 Å². The first kappa shape index (κ1) is 24.7. The number of halogens is 1. The Labute approximate surface area is 193 Å². The lowest BCUT2D eigenvalue weighted by Gasteiger charge is -2.40. The molecule has 1 saturated carbocycles. The van der Waals surface area contributed by atoms with Crippen molar-refractivity contribution >= 4 is 23.7 Å². The average molecular weight is 462 g/mol. The maximum Gasteiger partial charge on any atom is 0.328 e. The predicted octanol–water partition coefficient (Wildman–Crippen LogP) is 2.13. The summed E-state index contributed by atoms with van der Waals surface area (Å²) in [5.41, 5.74) is 0.176. The van der Waals surface area contributed by atoms with Gasteiger partial charge in [-0.25, -0.2) is 9.18 Å². The Bertz CT molecular complexity index is 887. The first-order chi connectivity index (χ1) is 15.8. The van der Waals surface area contributed by atoms with E-state index in [9.17, 15) is 23.6 Å². The zero-order chi connectivity index (χ0) is 24.0. The highest BCUT2D eigenvalue weighted by Crippen LogP contribution is 2.27. The topological polar surface area (TPSA) is 96.0 Å². The van der Waals surface area contributed by atoms with Gasteiger partial charge in [-0.05, 0) is 30.5 Å². The molecular formula is C24H32FN3O5. The number of benzene rings is 1. The van der Waals surface area contributed by atoms with Gasteiger partial charge in [0.15, 0.2) is 0 Å². The number of methoxy groups -OCH3 is 1. The molecule has 9 heteroatoms. The molecule has 2 atom stereocenters. The normalized spacial score (nSPS) is 20.2. The third-order valence-corrected chi connectivity index (χ3v) is 6.54. The van der Waals surface area contributed by atoms with E-state index in [1.807, 2.05) is 0 Å². The van der Waals surface area contributed by atoms with Crippen molar-refractivity contribution in [1.29, 1.82) is 0 Å². The zero-order valence-electron chi connectivity index (χ0n) is 19.2. The second-order valence-corrected chi connectivity index (χ2v) is 8.81. The van der Waals surface area contributed by atoms with Crippen LogP contribution in [0.2, 0.25) is 0 Å². The minimum absolute atomic E-state index is 0.0436. The summed E-state index contributed by atoms with van der Waals surface area (Å²) < 4.78 is 18.5. The summed E-state index contributed by atoms with van der Waals surface area (Å²) in [6.07, 6.45) is 5.87. The van der Waals surface area contributed by atoms with Crippen molar-refractivity contribution in [2.45, 2.75) is 57.5 Å². The Morgan fingerprint density at radius 1 is 1.15 bits per heavy atom. The highest BCUT2D eigenvalue weighted by atomic mass is 19.1. The molecule has 1 aromatic carbocycles. The third kappa shape index (κ3) is 6.30. The molecule has 180 valence electrons. The molecule has 0 aromatic heterocycles. The molecule has 8 nitrogen and oxygen atoms in total. The van der Waals surface area contributed by atoms with E-state index in [0.29, 0.717) is 12.3 Å². The Kier molecular flexibility index (Phi) is 8.41. The summed E-state index contributed by atoms with van der Waals surface area (Å²) >= 11 is 0. The van der Waals surface area contributed by atoms with Crippen LogP contribution in [-0.4, -0.2) is 72.3 Å². The summed E-state index contributed by atoms with van der Waals surface area (Å²) in [7, 11) is 1.28. The Morgan fingerprint density at radius 2 is 1.88 bits per heavy atom. The molecule has 2 fully saturated rings. The van der Waals surface area contributed by atoms with E-state index >= 15 is 0 Å². The predicted molar refractivity (Wildman–Crippen MR) is 119 cm³/mol. The molecule has 33 heavy (non-hydrogen) atoms. The summed E-state index contributed by atoms with van der Waals surface area (Å²) in [4.78, 5) is 53.5. The molecule has 1 aliphatic heterocycles.